The van der Waals surface area contributed by atoms with Crippen LogP contribution in [0.4, 0.5) is 0 Å². The van der Waals surface area contributed by atoms with Crippen LogP contribution in [0.15, 0.2) is 18.2 Å². The third kappa shape index (κ3) is 1.78. The van der Waals surface area contributed by atoms with E-state index in [-0.39, 0.29) is 6.54 Å². The van der Waals surface area contributed by atoms with Crippen molar-refractivity contribution in [1.82, 2.24) is 9.97 Å². The zero-order valence-corrected chi connectivity index (χ0v) is 8.68. The lowest BCUT2D eigenvalue weighted by Crippen LogP contribution is -2.09. The minimum absolute atomic E-state index is 0.276. The summed E-state index contributed by atoms with van der Waals surface area (Å²) in [5, 5.41) is 0.810. The number of nitrogens with zero attached hydrogens (tertiary/aromatic N) is 2. The minimum Gasteiger partial charge on any atom is -0.325 e. The molecule has 0 saturated heterocycles. The van der Waals surface area contributed by atoms with Crippen molar-refractivity contribution in [2.75, 3.05) is 0 Å². The molecule has 1 aromatic heterocycles. The first-order valence-corrected chi connectivity index (χ1v) is 4.93. The van der Waals surface area contributed by atoms with Gasteiger partial charge in [-0.2, -0.15) is 0 Å². The molecule has 0 bridgehead atoms. The Labute approximate surface area is 92.5 Å². The standard InChI is InChI=1S/C11H12N4O/c12-4-10-8-3-7(6-16)1-2-9(8)14-11(5-13)15-10/h1-3,6H,4-5,12-13H2. The van der Waals surface area contributed by atoms with Crippen LogP contribution < -0.4 is 11.5 Å². The predicted molar refractivity (Wildman–Crippen MR) is 60.7 cm³/mol. The number of hydrogen-bond donors (Lipinski definition) is 2. The van der Waals surface area contributed by atoms with Crippen LogP contribution in [-0.2, 0) is 13.1 Å². The third-order valence-electron chi connectivity index (χ3n) is 2.36. The van der Waals surface area contributed by atoms with Crippen molar-refractivity contribution in [3.05, 3.63) is 35.3 Å². The summed E-state index contributed by atoms with van der Waals surface area (Å²) >= 11 is 0. The molecule has 0 aliphatic heterocycles. The van der Waals surface area contributed by atoms with E-state index in [0.717, 1.165) is 17.2 Å². The zero-order chi connectivity index (χ0) is 11.5. The highest BCUT2D eigenvalue weighted by Gasteiger charge is 2.06. The Balaban J connectivity index is 2.73. The number of aromatic nitrogens is 2. The van der Waals surface area contributed by atoms with Gasteiger partial charge in [-0.25, -0.2) is 9.97 Å². The summed E-state index contributed by atoms with van der Waals surface area (Å²) in [6.45, 7) is 0.576. The summed E-state index contributed by atoms with van der Waals surface area (Å²) in [6, 6.07) is 5.23. The summed E-state index contributed by atoms with van der Waals surface area (Å²) in [7, 11) is 0. The van der Waals surface area contributed by atoms with Crippen molar-refractivity contribution in [1.29, 1.82) is 0 Å². The van der Waals surface area contributed by atoms with Crippen molar-refractivity contribution < 1.29 is 4.79 Å². The molecule has 2 rings (SSSR count). The van der Waals surface area contributed by atoms with Crippen LogP contribution in [0.3, 0.4) is 0 Å². The van der Waals surface area contributed by atoms with Gasteiger partial charge in [-0.1, -0.05) is 0 Å². The molecule has 0 saturated carbocycles. The fourth-order valence-corrected chi connectivity index (χ4v) is 1.58. The number of rotatable bonds is 3. The second-order valence-electron chi connectivity index (χ2n) is 3.39. The van der Waals surface area contributed by atoms with Gasteiger partial charge >= 0.3 is 0 Å². The van der Waals surface area contributed by atoms with Crippen LogP contribution in [0.5, 0.6) is 0 Å². The van der Waals surface area contributed by atoms with Gasteiger partial charge < -0.3 is 11.5 Å². The van der Waals surface area contributed by atoms with Crippen molar-refractivity contribution in [3.63, 3.8) is 0 Å². The smallest absolute Gasteiger partial charge is 0.150 e. The first kappa shape index (κ1) is 10.7. The molecule has 1 aromatic carbocycles. The average Bonchev–Trinajstić information content (AvgIpc) is 2.36. The highest BCUT2D eigenvalue weighted by Crippen LogP contribution is 2.17. The number of benzene rings is 1. The van der Waals surface area contributed by atoms with Crippen LogP contribution in [0, 0.1) is 0 Å². The Morgan fingerprint density at radius 1 is 1.19 bits per heavy atom. The molecule has 4 N–H and O–H groups in total. The molecule has 0 aliphatic carbocycles. The fourth-order valence-electron chi connectivity index (χ4n) is 1.58. The lowest BCUT2D eigenvalue weighted by molar-refractivity contribution is 0.112. The molecule has 0 radical (unpaired) electrons. The van der Waals surface area contributed by atoms with Gasteiger partial charge in [0.15, 0.2) is 0 Å². The van der Waals surface area contributed by atoms with Crippen molar-refractivity contribution >= 4 is 17.2 Å². The van der Waals surface area contributed by atoms with Crippen molar-refractivity contribution in [3.8, 4) is 0 Å². The van der Waals surface area contributed by atoms with Crippen LogP contribution in [0.1, 0.15) is 21.9 Å². The van der Waals surface area contributed by atoms with E-state index in [1.54, 1.807) is 18.2 Å². The number of aldehydes is 1. The second kappa shape index (κ2) is 4.34. The number of fused-ring (bicyclic) bond motifs is 1. The average molecular weight is 216 g/mol. The number of nitrogens with two attached hydrogens (primary N) is 2. The molecule has 0 atom stereocenters. The van der Waals surface area contributed by atoms with E-state index in [0.29, 0.717) is 23.6 Å². The van der Waals surface area contributed by atoms with Gasteiger partial charge in [-0.05, 0) is 18.2 Å². The Morgan fingerprint density at radius 3 is 2.62 bits per heavy atom. The molecular weight excluding hydrogens is 204 g/mol. The Hall–Kier alpha value is -1.85. The molecule has 0 aliphatic rings. The Kier molecular flexibility index (Phi) is 2.89. The summed E-state index contributed by atoms with van der Waals surface area (Å²) in [6.07, 6.45) is 0.788. The molecule has 0 fully saturated rings. The molecule has 0 unspecified atom stereocenters. The second-order valence-corrected chi connectivity index (χ2v) is 3.39. The Morgan fingerprint density at radius 2 is 2.00 bits per heavy atom. The fraction of sp³-hybridized carbons (Fsp3) is 0.182. The van der Waals surface area contributed by atoms with Gasteiger partial charge in [0.25, 0.3) is 0 Å². The SMILES string of the molecule is NCc1nc(CN)c2cc(C=O)ccc2n1. The molecule has 0 amide bonds. The van der Waals surface area contributed by atoms with E-state index in [4.69, 9.17) is 11.5 Å². The van der Waals surface area contributed by atoms with Gasteiger partial charge in [0.2, 0.25) is 0 Å². The Bertz CT molecular complexity index is 539. The normalized spacial score (nSPS) is 10.6. The summed E-state index contributed by atoms with van der Waals surface area (Å²) < 4.78 is 0. The van der Waals surface area contributed by atoms with E-state index < -0.39 is 0 Å². The highest BCUT2D eigenvalue weighted by atomic mass is 16.1. The quantitative estimate of drug-likeness (QED) is 0.722. The summed E-state index contributed by atoms with van der Waals surface area (Å²) in [5.41, 5.74) is 13.2. The van der Waals surface area contributed by atoms with Crippen molar-refractivity contribution in [2.24, 2.45) is 11.5 Å². The van der Waals surface area contributed by atoms with Crippen molar-refractivity contribution in [2.45, 2.75) is 13.1 Å². The van der Waals surface area contributed by atoms with Gasteiger partial charge in [0, 0.05) is 17.5 Å². The van der Waals surface area contributed by atoms with E-state index >= 15 is 0 Å². The summed E-state index contributed by atoms with van der Waals surface area (Å²) in [4.78, 5) is 19.2. The van der Waals surface area contributed by atoms with Crippen LogP contribution in [-0.4, -0.2) is 16.3 Å². The van der Waals surface area contributed by atoms with Crippen LogP contribution in [0.25, 0.3) is 10.9 Å². The molecule has 1 heterocycles. The molecule has 2 aromatic rings. The maximum Gasteiger partial charge on any atom is 0.150 e. The lowest BCUT2D eigenvalue weighted by atomic mass is 10.1. The molecule has 82 valence electrons. The van der Waals surface area contributed by atoms with Crippen LogP contribution >= 0.6 is 0 Å². The molecule has 16 heavy (non-hydrogen) atoms. The first-order valence-electron chi connectivity index (χ1n) is 4.93. The van der Waals surface area contributed by atoms with E-state index in [2.05, 4.69) is 9.97 Å². The van der Waals surface area contributed by atoms with E-state index in [1.165, 1.54) is 0 Å². The summed E-state index contributed by atoms with van der Waals surface area (Å²) in [5.74, 6) is 0.562. The van der Waals surface area contributed by atoms with E-state index in [1.807, 2.05) is 0 Å². The zero-order valence-electron chi connectivity index (χ0n) is 8.68. The minimum atomic E-state index is 0.276. The lowest BCUT2D eigenvalue weighted by Gasteiger charge is -2.06. The predicted octanol–water partition coefficient (Wildman–Crippen LogP) is 0.360. The molecule has 5 heteroatoms. The van der Waals surface area contributed by atoms with Gasteiger partial charge in [-0.15, -0.1) is 0 Å². The van der Waals surface area contributed by atoms with Gasteiger partial charge in [0.05, 0.1) is 17.8 Å². The van der Waals surface area contributed by atoms with Gasteiger partial charge in [0.1, 0.15) is 12.1 Å². The first-order chi connectivity index (χ1) is 7.78. The van der Waals surface area contributed by atoms with E-state index in [9.17, 15) is 4.79 Å². The largest absolute Gasteiger partial charge is 0.325 e. The third-order valence-corrected chi connectivity index (χ3v) is 2.36. The van der Waals surface area contributed by atoms with Gasteiger partial charge in [-0.3, -0.25) is 4.79 Å². The topological polar surface area (TPSA) is 94.9 Å². The maximum absolute atomic E-state index is 10.7. The maximum atomic E-state index is 10.7. The molecular formula is C11H12N4O. The van der Waals surface area contributed by atoms with Crippen LogP contribution in [0.2, 0.25) is 0 Å². The number of hydrogen-bond acceptors (Lipinski definition) is 5. The number of carbonyl (C=O) groups is 1. The molecule has 0 spiro atoms. The number of carbonyl (C=O) groups excluding carboxylic acids is 1. The highest BCUT2D eigenvalue weighted by molar-refractivity contribution is 5.88. The molecule has 5 nitrogen and oxygen atoms in total. The monoisotopic (exact) mass is 216 g/mol.